The van der Waals surface area contributed by atoms with E-state index in [2.05, 4.69) is 0 Å². The third-order valence-electron chi connectivity index (χ3n) is 2.16. The van der Waals surface area contributed by atoms with Gasteiger partial charge in [-0.3, -0.25) is 4.79 Å². The van der Waals surface area contributed by atoms with Crippen molar-refractivity contribution in [2.45, 2.75) is 19.1 Å². The minimum Gasteiger partial charge on any atom is -0.465 e. The van der Waals surface area contributed by atoms with Crippen LogP contribution in [0.5, 0.6) is 0 Å². The Morgan fingerprint density at radius 3 is 2.29 bits per heavy atom. The molecule has 0 saturated heterocycles. The summed E-state index contributed by atoms with van der Waals surface area (Å²) in [6.45, 7) is 3.57. The summed E-state index contributed by atoms with van der Waals surface area (Å²) in [5.41, 5.74) is 1.27. The van der Waals surface area contributed by atoms with Crippen LogP contribution in [0.4, 0.5) is 0 Å². The minimum absolute atomic E-state index is 0.105. The van der Waals surface area contributed by atoms with Crippen LogP contribution in [0.15, 0.2) is 24.3 Å². The maximum absolute atomic E-state index is 11.6. The highest BCUT2D eigenvalue weighted by Crippen LogP contribution is 2.27. The molecule has 4 nitrogen and oxygen atoms in total. The second-order valence-electron chi connectivity index (χ2n) is 3.52. The molecule has 0 aliphatic carbocycles. The molecule has 0 spiro atoms. The van der Waals surface area contributed by atoms with E-state index in [9.17, 15) is 13.2 Å². The van der Waals surface area contributed by atoms with Crippen LogP contribution in [-0.2, 0) is 18.6 Å². The van der Waals surface area contributed by atoms with Crippen molar-refractivity contribution in [3.8, 4) is 0 Å². The molecule has 94 valence electrons. The fourth-order valence-electron chi connectivity index (χ4n) is 1.37. The Hall–Kier alpha value is -1.07. The van der Waals surface area contributed by atoms with Crippen molar-refractivity contribution in [2.24, 2.45) is 0 Å². The van der Waals surface area contributed by atoms with Crippen LogP contribution in [0, 0.1) is 6.92 Å². The van der Waals surface area contributed by atoms with Gasteiger partial charge >= 0.3 is 5.97 Å². The van der Waals surface area contributed by atoms with Gasteiger partial charge < -0.3 is 4.74 Å². The highest BCUT2D eigenvalue weighted by Gasteiger charge is 2.34. The summed E-state index contributed by atoms with van der Waals surface area (Å²) in [5.74, 6) is -0.855. The van der Waals surface area contributed by atoms with Crippen molar-refractivity contribution in [1.29, 1.82) is 0 Å². The molecule has 0 bridgehead atoms. The van der Waals surface area contributed by atoms with Crippen molar-refractivity contribution in [3.05, 3.63) is 35.4 Å². The molecule has 0 fully saturated rings. The van der Waals surface area contributed by atoms with E-state index in [4.69, 9.17) is 15.4 Å². The van der Waals surface area contributed by atoms with E-state index in [1.165, 1.54) is 0 Å². The number of rotatable bonds is 4. The number of benzene rings is 1. The van der Waals surface area contributed by atoms with E-state index in [-0.39, 0.29) is 6.61 Å². The molecule has 1 aromatic carbocycles. The van der Waals surface area contributed by atoms with Gasteiger partial charge in [-0.25, -0.2) is 8.42 Å². The van der Waals surface area contributed by atoms with E-state index in [0.29, 0.717) is 5.56 Å². The van der Waals surface area contributed by atoms with E-state index in [0.717, 1.165) is 5.56 Å². The van der Waals surface area contributed by atoms with Gasteiger partial charge in [-0.1, -0.05) is 29.8 Å². The molecule has 1 atom stereocenters. The summed E-state index contributed by atoms with van der Waals surface area (Å²) in [4.78, 5) is 11.6. The lowest BCUT2D eigenvalue weighted by Gasteiger charge is -2.12. The Labute approximate surface area is 105 Å². The second-order valence-corrected chi connectivity index (χ2v) is 6.23. The maximum Gasteiger partial charge on any atom is 0.330 e. The summed E-state index contributed by atoms with van der Waals surface area (Å²) in [7, 11) is 1.22. The Bertz CT molecular complexity index is 493. The quantitative estimate of drug-likeness (QED) is 0.625. The first-order chi connectivity index (χ1) is 7.86. The molecule has 1 rings (SSSR count). The zero-order valence-electron chi connectivity index (χ0n) is 9.51. The molecule has 0 heterocycles. The van der Waals surface area contributed by atoms with Crippen molar-refractivity contribution >= 4 is 25.7 Å². The highest BCUT2D eigenvalue weighted by atomic mass is 35.7. The van der Waals surface area contributed by atoms with Gasteiger partial charge in [0, 0.05) is 10.7 Å². The Morgan fingerprint density at radius 1 is 1.35 bits per heavy atom. The third kappa shape index (κ3) is 3.71. The lowest BCUT2D eigenvalue weighted by molar-refractivity contribution is -0.142. The maximum atomic E-state index is 11.6. The molecule has 0 aromatic heterocycles. The number of hydrogen-bond donors (Lipinski definition) is 0. The molecule has 0 N–H and O–H groups in total. The zero-order valence-corrected chi connectivity index (χ0v) is 11.1. The topological polar surface area (TPSA) is 60.4 Å². The van der Waals surface area contributed by atoms with E-state index in [1.54, 1.807) is 31.2 Å². The van der Waals surface area contributed by atoms with E-state index >= 15 is 0 Å². The Kier molecular flexibility index (Phi) is 4.54. The summed E-state index contributed by atoms with van der Waals surface area (Å²) in [6.07, 6.45) is 0. The van der Waals surface area contributed by atoms with E-state index < -0.39 is 20.3 Å². The van der Waals surface area contributed by atoms with Gasteiger partial charge in [-0.15, -0.1) is 0 Å². The smallest absolute Gasteiger partial charge is 0.330 e. The van der Waals surface area contributed by atoms with Gasteiger partial charge in [0.2, 0.25) is 0 Å². The zero-order chi connectivity index (χ0) is 13.1. The van der Waals surface area contributed by atoms with Crippen LogP contribution in [0.25, 0.3) is 0 Å². The number of halogens is 1. The van der Waals surface area contributed by atoms with Crippen molar-refractivity contribution < 1.29 is 17.9 Å². The number of ether oxygens (including phenoxy) is 1. The first kappa shape index (κ1) is 14.0. The molecule has 0 amide bonds. The largest absolute Gasteiger partial charge is 0.465 e. The summed E-state index contributed by atoms with van der Waals surface area (Å²) >= 11 is 0. The molecule has 6 heteroatoms. The summed E-state index contributed by atoms with van der Waals surface area (Å²) in [5, 5.41) is -1.47. The van der Waals surface area contributed by atoms with E-state index in [1.807, 2.05) is 6.92 Å². The predicted molar refractivity (Wildman–Crippen MR) is 65.3 cm³/mol. The van der Waals surface area contributed by atoms with Gasteiger partial charge in [-0.2, -0.15) is 0 Å². The monoisotopic (exact) mass is 276 g/mol. The van der Waals surface area contributed by atoms with Gasteiger partial charge in [0.05, 0.1) is 6.61 Å². The molecule has 1 aromatic rings. The summed E-state index contributed by atoms with van der Waals surface area (Å²) in [6, 6.07) is 6.53. The molecular formula is C11H13ClO4S. The SMILES string of the molecule is CCOC(=O)C(c1ccc(C)cc1)S(=O)(=O)Cl. The van der Waals surface area contributed by atoms with Crippen molar-refractivity contribution in [3.63, 3.8) is 0 Å². The fourth-order valence-corrected chi connectivity index (χ4v) is 2.68. The van der Waals surface area contributed by atoms with Crippen LogP contribution in [-0.4, -0.2) is 21.0 Å². The number of carbonyl (C=O) groups excluding carboxylic acids is 1. The molecule has 0 radical (unpaired) electrons. The molecule has 17 heavy (non-hydrogen) atoms. The Morgan fingerprint density at radius 2 is 1.88 bits per heavy atom. The van der Waals surface area contributed by atoms with Crippen molar-refractivity contribution in [2.75, 3.05) is 6.61 Å². The molecule has 0 aliphatic rings. The van der Waals surface area contributed by atoms with Crippen LogP contribution < -0.4 is 0 Å². The highest BCUT2D eigenvalue weighted by molar-refractivity contribution is 8.14. The van der Waals surface area contributed by atoms with Gasteiger partial charge in [0.1, 0.15) is 0 Å². The lowest BCUT2D eigenvalue weighted by atomic mass is 10.1. The molecule has 1 unspecified atom stereocenters. The fraction of sp³-hybridized carbons (Fsp3) is 0.364. The lowest BCUT2D eigenvalue weighted by Crippen LogP contribution is -2.21. The van der Waals surface area contributed by atoms with Gasteiger partial charge in [0.25, 0.3) is 9.05 Å². The molecule has 0 saturated carbocycles. The first-order valence-corrected chi connectivity index (χ1v) is 7.40. The first-order valence-electron chi connectivity index (χ1n) is 5.03. The Balaban J connectivity index is 3.16. The number of esters is 1. The average Bonchev–Trinajstić information content (AvgIpc) is 2.19. The van der Waals surface area contributed by atoms with Gasteiger partial charge in [-0.05, 0) is 19.4 Å². The number of hydrogen-bond acceptors (Lipinski definition) is 4. The summed E-state index contributed by atoms with van der Waals surface area (Å²) < 4.78 is 27.5. The van der Waals surface area contributed by atoms with Crippen LogP contribution in [0.3, 0.4) is 0 Å². The second kappa shape index (κ2) is 5.51. The van der Waals surface area contributed by atoms with Crippen LogP contribution >= 0.6 is 10.7 Å². The van der Waals surface area contributed by atoms with Crippen molar-refractivity contribution in [1.82, 2.24) is 0 Å². The van der Waals surface area contributed by atoms with Crippen LogP contribution in [0.2, 0.25) is 0 Å². The number of carbonyl (C=O) groups is 1. The molecule has 0 aliphatic heterocycles. The average molecular weight is 277 g/mol. The standard InChI is InChI=1S/C11H13ClO4S/c1-3-16-11(13)10(17(12,14)15)9-6-4-8(2)5-7-9/h4-7,10H,3H2,1-2H3. The van der Waals surface area contributed by atoms with Gasteiger partial charge in [0.15, 0.2) is 5.25 Å². The molecular weight excluding hydrogens is 264 g/mol. The van der Waals surface area contributed by atoms with Crippen LogP contribution in [0.1, 0.15) is 23.3 Å². The minimum atomic E-state index is -4.05. The number of aryl methyl sites for hydroxylation is 1. The third-order valence-corrected chi connectivity index (χ3v) is 3.72. The predicted octanol–water partition coefficient (Wildman–Crippen LogP) is 2.17. The normalized spacial score (nSPS) is 13.1.